The van der Waals surface area contributed by atoms with Crippen molar-refractivity contribution >= 4 is 45.3 Å². The van der Waals surface area contributed by atoms with Gasteiger partial charge in [0.2, 0.25) is 0 Å². The fraction of sp³-hybridized carbons (Fsp3) is 0.200. The summed E-state index contributed by atoms with van der Waals surface area (Å²) in [5, 5.41) is 14.1. The molecular formula is C10H10IN2O2P. The summed E-state index contributed by atoms with van der Waals surface area (Å²) in [6.45, 7) is 1.93. The van der Waals surface area contributed by atoms with Gasteiger partial charge in [-0.25, -0.2) is 4.45 Å². The van der Waals surface area contributed by atoms with E-state index in [-0.39, 0.29) is 6.42 Å². The molecule has 0 saturated heterocycles. The van der Waals surface area contributed by atoms with Crippen LogP contribution in [0.1, 0.15) is 11.1 Å². The summed E-state index contributed by atoms with van der Waals surface area (Å²) in [6, 6.07) is 3.92. The number of hydrogen-bond donors (Lipinski definition) is 1. The first-order valence-electron chi connectivity index (χ1n) is 4.67. The van der Waals surface area contributed by atoms with E-state index in [1.807, 2.05) is 29.7 Å². The number of aryl methyl sites for hydroxylation is 1. The number of hydrogen-bond acceptors (Lipinski definition) is 2. The van der Waals surface area contributed by atoms with E-state index in [4.69, 9.17) is 5.11 Å². The summed E-state index contributed by atoms with van der Waals surface area (Å²) in [6.07, 6.45) is 2.41. The molecule has 6 heteroatoms. The molecule has 1 unspecified atom stereocenters. The van der Waals surface area contributed by atoms with Crippen molar-refractivity contribution < 1.29 is 9.90 Å². The minimum absolute atomic E-state index is 0.0668. The van der Waals surface area contributed by atoms with Crippen LogP contribution in [0.25, 0.3) is 10.9 Å². The predicted molar refractivity (Wildman–Crippen MR) is 73.5 cm³/mol. The molecule has 0 fully saturated rings. The van der Waals surface area contributed by atoms with Gasteiger partial charge in [-0.05, 0) is 52.2 Å². The van der Waals surface area contributed by atoms with Crippen molar-refractivity contribution in [3.05, 3.63) is 29.5 Å². The van der Waals surface area contributed by atoms with Gasteiger partial charge in [0.25, 0.3) is 0 Å². The zero-order valence-electron chi connectivity index (χ0n) is 8.57. The van der Waals surface area contributed by atoms with Crippen LogP contribution in [0.2, 0.25) is 0 Å². The Bertz CT molecular complexity index is 553. The summed E-state index contributed by atoms with van der Waals surface area (Å²) in [5.41, 5.74) is 2.87. The lowest BCUT2D eigenvalue weighted by Gasteiger charge is -2.04. The summed E-state index contributed by atoms with van der Waals surface area (Å²) < 4.78 is 1.89. The number of carboxylic acids is 1. The molecule has 0 aliphatic carbocycles. The average molecular weight is 348 g/mol. The van der Waals surface area contributed by atoms with E-state index in [0.29, 0.717) is 6.37 Å². The van der Waals surface area contributed by atoms with E-state index in [2.05, 4.69) is 27.1 Å². The second kappa shape index (κ2) is 4.67. The Morgan fingerprint density at radius 1 is 1.62 bits per heavy atom. The Morgan fingerprint density at radius 3 is 3.00 bits per heavy atom. The maximum Gasteiger partial charge on any atom is 0.307 e. The molecule has 1 atom stereocenters. The van der Waals surface area contributed by atoms with E-state index >= 15 is 0 Å². The second-order valence-electron chi connectivity index (χ2n) is 3.55. The third-order valence-electron chi connectivity index (χ3n) is 2.45. The maximum atomic E-state index is 10.7. The van der Waals surface area contributed by atoms with E-state index < -0.39 is 5.97 Å². The Morgan fingerprint density at radius 2 is 2.38 bits per heavy atom. The predicted octanol–water partition coefficient (Wildman–Crippen LogP) is 2.76. The summed E-state index contributed by atoms with van der Waals surface area (Å²) in [4.78, 5) is 10.7. The van der Waals surface area contributed by atoms with Crippen molar-refractivity contribution in [3.63, 3.8) is 0 Å². The molecule has 4 nitrogen and oxygen atoms in total. The number of aromatic nitrogens is 2. The third kappa shape index (κ3) is 2.20. The van der Waals surface area contributed by atoms with Crippen LogP contribution in [0.3, 0.4) is 0 Å². The molecule has 2 aromatic rings. The van der Waals surface area contributed by atoms with Gasteiger partial charge in [0, 0.05) is 5.39 Å². The molecule has 1 aromatic heterocycles. The molecule has 84 valence electrons. The van der Waals surface area contributed by atoms with Gasteiger partial charge < -0.3 is 5.11 Å². The molecule has 0 aliphatic heterocycles. The summed E-state index contributed by atoms with van der Waals surface area (Å²) >= 11 is 2.26. The van der Waals surface area contributed by atoms with E-state index in [1.165, 1.54) is 0 Å². The monoisotopic (exact) mass is 348 g/mol. The highest BCUT2D eigenvalue weighted by Gasteiger charge is 2.09. The Kier molecular flexibility index (Phi) is 3.44. The van der Waals surface area contributed by atoms with Gasteiger partial charge in [0.05, 0.1) is 24.5 Å². The number of fused-ring (bicyclic) bond motifs is 1. The lowest BCUT2D eigenvalue weighted by atomic mass is 10.0. The first-order chi connectivity index (χ1) is 7.61. The number of rotatable bonds is 3. The van der Waals surface area contributed by atoms with Crippen LogP contribution >= 0.6 is 28.4 Å². The van der Waals surface area contributed by atoms with Gasteiger partial charge in [0.1, 0.15) is 0 Å². The molecule has 0 amide bonds. The van der Waals surface area contributed by atoms with Gasteiger partial charge in [0.15, 0.2) is 0 Å². The molecule has 1 aromatic carbocycles. The van der Waals surface area contributed by atoms with Crippen LogP contribution in [0, 0.1) is 6.92 Å². The molecule has 0 bridgehead atoms. The first-order valence-corrected chi connectivity index (χ1v) is 8.73. The Balaban J connectivity index is 2.57. The van der Waals surface area contributed by atoms with Crippen molar-refractivity contribution in [3.8, 4) is 0 Å². The lowest BCUT2D eigenvalue weighted by Crippen LogP contribution is -2.02. The molecule has 0 aliphatic rings. The lowest BCUT2D eigenvalue weighted by molar-refractivity contribution is -0.136. The highest BCUT2D eigenvalue weighted by atomic mass is 127. The standard InChI is InChI=1S/C10H10IN2O2P/c1-6-2-8-5-12-13(16-11)9(8)3-7(6)4-10(14)15/h2-3,5,16H,4H2,1H3,(H,14,15). The van der Waals surface area contributed by atoms with Gasteiger partial charge >= 0.3 is 5.97 Å². The maximum absolute atomic E-state index is 10.7. The van der Waals surface area contributed by atoms with Crippen LogP contribution in [0.5, 0.6) is 0 Å². The van der Waals surface area contributed by atoms with Crippen LogP contribution in [0.15, 0.2) is 18.3 Å². The highest BCUT2D eigenvalue weighted by Crippen LogP contribution is 2.29. The normalized spacial score (nSPS) is 11.6. The van der Waals surface area contributed by atoms with Gasteiger partial charge in [-0.3, -0.25) is 4.79 Å². The number of carboxylic acid groups (broad SMARTS) is 1. The number of benzene rings is 1. The SMILES string of the molecule is Cc1cc2cnn(PI)c2cc1CC(=O)O. The third-order valence-corrected chi connectivity index (χ3v) is 4.33. The molecule has 2 rings (SSSR count). The average Bonchev–Trinajstić information content (AvgIpc) is 2.60. The highest BCUT2D eigenvalue weighted by molar-refractivity contribution is 14.2. The van der Waals surface area contributed by atoms with Crippen molar-refractivity contribution in [2.75, 3.05) is 0 Å². The number of nitrogens with zero attached hydrogens (tertiary/aromatic N) is 2. The number of halogens is 1. The number of carbonyl (C=O) groups is 1. The van der Waals surface area contributed by atoms with Crippen molar-refractivity contribution in [1.82, 2.24) is 9.55 Å². The molecule has 1 heterocycles. The molecule has 1 N–H and O–H groups in total. The van der Waals surface area contributed by atoms with Gasteiger partial charge in [-0.2, -0.15) is 5.10 Å². The van der Waals surface area contributed by atoms with E-state index in [1.54, 1.807) is 0 Å². The zero-order valence-corrected chi connectivity index (χ0v) is 11.7. The minimum Gasteiger partial charge on any atom is -0.481 e. The van der Waals surface area contributed by atoms with Gasteiger partial charge in [-0.15, -0.1) is 0 Å². The van der Waals surface area contributed by atoms with Crippen LogP contribution in [-0.4, -0.2) is 20.6 Å². The van der Waals surface area contributed by atoms with Crippen LogP contribution in [-0.2, 0) is 11.2 Å². The fourth-order valence-electron chi connectivity index (χ4n) is 1.65. The molecular weight excluding hydrogens is 338 g/mol. The quantitative estimate of drug-likeness (QED) is 0.686. The largest absolute Gasteiger partial charge is 0.481 e. The van der Waals surface area contributed by atoms with Crippen molar-refractivity contribution in [2.24, 2.45) is 0 Å². The minimum atomic E-state index is -0.801. The first kappa shape index (κ1) is 11.8. The van der Waals surface area contributed by atoms with Crippen LogP contribution < -0.4 is 0 Å². The Labute approximate surface area is 107 Å². The van der Waals surface area contributed by atoms with E-state index in [9.17, 15) is 4.79 Å². The van der Waals surface area contributed by atoms with Crippen molar-refractivity contribution in [1.29, 1.82) is 0 Å². The Hall–Kier alpha value is -0.680. The van der Waals surface area contributed by atoms with Crippen molar-refractivity contribution in [2.45, 2.75) is 13.3 Å². The zero-order chi connectivity index (χ0) is 11.7. The molecule has 0 radical (unpaired) electrons. The fourth-order valence-corrected chi connectivity index (χ4v) is 3.19. The second-order valence-corrected chi connectivity index (χ2v) is 5.59. The van der Waals surface area contributed by atoms with E-state index in [0.717, 1.165) is 22.0 Å². The topological polar surface area (TPSA) is 55.1 Å². The number of aliphatic carboxylic acids is 1. The summed E-state index contributed by atoms with van der Waals surface area (Å²) in [7, 11) is 0. The van der Waals surface area contributed by atoms with Crippen LogP contribution in [0.4, 0.5) is 0 Å². The molecule has 16 heavy (non-hydrogen) atoms. The smallest absolute Gasteiger partial charge is 0.307 e. The molecule has 0 saturated carbocycles. The summed E-state index contributed by atoms with van der Waals surface area (Å²) in [5.74, 6) is -0.801. The van der Waals surface area contributed by atoms with Gasteiger partial charge in [-0.1, -0.05) is 0 Å². The molecule has 0 spiro atoms.